The summed E-state index contributed by atoms with van der Waals surface area (Å²) < 4.78 is 0. The van der Waals surface area contributed by atoms with Crippen molar-refractivity contribution in [1.29, 1.82) is 0 Å². The van der Waals surface area contributed by atoms with Crippen molar-refractivity contribution >= 4 is 0 Å². The van der Waals surface area contributed by atoms with Gasteiger partial charge in [-0.2, -0.15) is 0 Å². The first-order valence-corrected chi connectivity index (χ1v) is 7.41. The van der Waals surface area contributed by atoms with Crippen LogP contribution in [0.5, 0.6) is 5.75 Å². The highest BCUT2D eigenvalue weighted by Crippen LogP contribution is 2.37. The van der Waals surface area contributed by atoms with Crippen molar-refractivity contribution in [1.82, 2.24) is 0 Å². The number of para-hydroxylation sites is 1. The molecule has 2 nitrogen and oxygen atoms in total. The normalized spacial score (nSPS) is 12.3. The van der Waals surface area contributed by atoms with Gasteiger partial charge in [0.05, 0.1) is 0 Å². The van der Waals surface area contributed by atoms with E-state index in [0.29, 0.717) is 0 Å². The third kappa shape index (κ3) is 2.87. The molecule has 0 saturated heterocycles. The molecule has 0 bridgehead atoms. The molecule has 3 aromatic carbocycles. The Kier molecular flexibility index (Phi) is 4.22. The van der Waals surface area contributed by atoms with Gasteiger partial charge in [-0.1, -0.05) is 78.9 Å². The molecule has 0 radical (unpaired) electrons. The lowest BCUT2D eigenvalue weighted by Crippen LogP contribution is -2.21. The summed E-state index contributed by atoms with van der Waals surface area (Å²) in [5, 5.41) is 10.1. The molecule has 2 heteroatoms. The molecule has 3 aromatic rings. The monoisotopic (exact) mass is 289 g/mol. The number of phenols is 1. The first kappa shape index (κ1) is 14.4. The molecule has 0 amide bonds. The number of hydrogen-bond acceptors (Lipinski definition) is 2. The van der Waals surface area contributed by atoms with Gasteiger partial charge < -0.3 is 10.8 Å². The fourth-order valence-electron chi connectivity index (χ4n) is 2.88. The van der Waals surface area contributed by atoms with E-state index in [1.54, 1.807) is 6.07 Å². The van der Waals surface area contributed by atoms with E-state index in [1.807, 2.05) is 54.6 Å². The minimum absolute atomic E-state index is 0.00398. The Morgan fingerprint density at radius 2 is 1.09 bits per heavy atom. The van der Waals surface area contributed by atoms with Crippen LogP contribution >= 0.6 is 0 Å². The van der Waals surface area contributed by atoms with Crippen molar-refractivity contribution in [2.24, 2.45) is 5.73 Å². The average molecular weight is 289 g/mol. The second-order valence-corrected chi connectivity index (χ2v) is 5.38. The molecule has 22 heavy (non-hydrogen) atoms. The predicted octanol–water partition coefficient (Wildman–Crippen LogP) is 4.22. The smallest absolute Gasteiger partial charge is 0.120 e. The summed E-state index contributed by atoms with van der Waals surface area (Å²) >= 11 is 0. The summed E-state index contributed by atoms with van der Waals surface area (Å²) in [7, 11) is 0. The molecule has 0 spiro atoms. The maximum absolute atomic E-state index is 10.1. The molecule has 0 fully saturated rings. The molecule has 0 aliphatic rings. The second-order valence-electron chi connectivity index (χ2n) is 5.38. The van der Waals surface area contributed by atoms with Crippen LogP contribution in [0.15, 0.2) is 84.9 Å². The maximum Gasteiger partial charge on any atom is 0.120 e. The van der Waals surface area contributed by atoms with Crippen LogP contribution in [0.2, 0.25) is 0 Å². The highest BCUT2D eigenvalue weighted by Gasteiger charge is 2.24. The van der Waals surface area contributed by atoms with Gasteiger partial charge in [0.2, 0.25) is 0 Å². The van der Waals surface area contributed by atoms with Gasteiger partial charge in [0, 0.05) is 17.5 Å². The highest BCUT2D eigenvalue weighted by molar-refractivity contribution is 5.42. The van der Waals surface area contributed by atoms with Crippen LogP contribution in [0.3, 0.4) is 0 Å². The van der Waals surface area contributed by atoms with E-state index in [1.165, 1.54) is 0 Å². The molecular weight excluding hydrogens is 270 g/mol. The standard InChI is InChI=1S/C20H19NO/c21-20(17-13-7-8-14-18(17)22)19(15-9-3-1-4-10-15)16-11-5-2-6-12-16/h1-14,19-20,22H,21H2. The predicted molar refractivity (Wildman–Crippen MR) is 89.8 cm³/mol. The van der Waals surface area contributed by atoms with Gasteiger partial charge in [0.25, 0.3) is 0 Å². The molecule has 110 valence electrons. The quantitative estimate of drug-likeness (QED) is 0.755. The van der Waals surface area contributed by atoms with Gasteiger partial charge in [-0.05, 0) is 17.2 Å². The van der Waals surface area contributed by atoms with Crippen LogP contribution in [0.1, 0.15) is 28.7 Å². The number of phenolic OH excluding ortho intramolecular Hbond substituents is 1. The molecule has 0 aliphatic carbocycles. The van der Waals surface area contributed by atoms with Crippen molar-refractivity contribution in [2.45, 2.75) is 12.0 Å². The van der Waals surface area contributed by atoms with Crippen LogP contribution in [-0.4, -0.2) is 5.11 Å². The van der Waals surface area contributed by atoms with Crippen molar-refractivity contribution in [3.8, 4) is 5.75 Å². The molecule has 0 aromatic heterocycles. The summed E-state index contributed by atoms with van der Waals surface area (Å²) in [5.74, 6) is 0.238. The van der Waals surface area contributed by atoms with E-state index in [9.17, 15) is 5.11 Å². The summed E-state index contributed by atoms with van der Waals surface area (Å²) in [4.78, 5) is 0. The molecule has 3 rings (SSSR count). The van der Waals surface area contributed by atoms with Gasteiger partial charge in [-0.15, -0.1) is 0 Å². The molecule has 0 aliphatic heterocycles. The molecule has 3 N–H and O–H groups in total. The van der Waals surface area contributed by atoms with Gasteiger partial charge in [0.15, 0.2) is 0 Å². The minimum atomic E-state index is -0.314. The van der Waals surface area contributed by atoms with E-state index in [2.05, 4.69) is 24.3 Å². The van der Waals surface area contributed by atoms with E-state index >= 15 is 0 Å². The van der Waals surface area contributed by atoms with Crippen LogP contribution in [0.25, 0.3) is 0 Å². The van der Waals surface area contributed by atoms with E-state index in [0.717, 1.165) is 16.7 Å². The Bertz CT molecular complexity index is 685. The lowest BCUT2D eigenvalue weighted by atomic mass is 9.82. The fraction of sp³-hybridized carbons (Fsp3) is 0.100. The molecule has 0 saturated carbocycles. The molecule has 1 atom stereocenters. The van der Waals surface area contributed by atoms with Crippen LogP contribution in [0.4, 0.5) is 0 Å². The lowest BCUT2D eigenvalue weighted by Gasteiger charge is -2.26. The Morgan fingerprint density at radius 3 is 1.59 bits per heavy atom. The maximum atomic E-state index is 10.1. The summed E-state index contributed by atoms with van der Waals surface area (Å²) in [6, 6.07) is 27.4. The Hall–Kier alpha value is -2.58. The zero-order valence-electron chi connectivity index (χ0n) is 12.3. The van der Waals surface area contributed by atoms with Crippen LogP contribution < -0.4 is 5.73 Å². The Morgan fingerprint density at radius 1 is 0.636 bits per heavy atom. The number of nitrogens with two attached hydrogens (primary N) is 1. The van der Waals surface area contributed by atoms with Crippen molar-refractivity contribution < 1.29 is 5.11 Å². The largest absolute Gasteiger partial charge is 0.508 e. The number of hydrogen-bond donors (Lipinski definition) is 2. The Labute approximate surface area is 130 Å². The zero-order valence-corrected chi connectivity index (χ0v) is 12.3. The third-order valence-electron chi connectivity index (χ3n) is 3.97. The number of benzene rings is 3. The van der Waals surface area contributed by atoms with Gasteiger partial charge in [-0.25, -0.2) is 0 Å². The third-order valence-corrected chi connectivity index (χ3v) is 3.97. The fourth-order valence-corrected chi connectivity index (χ4v) is 2.88. The first-order chi connectivity index (χ1) is 10.8. The molecule has 1 unspecified atom stereocenters. The summed E-state index contributed by atoms with van der Waals surface area (Å²) in [6.07, 6.45) is 0. The van der Waals surface area contributed by atoms with E-state index in [4.69, 9.17) is 5.73 Å². The van der Waals surface area contributed by atoms with Gasteiger partial charge in [0.1, 0.15) is 5.75 Å². The van der Waals surface area contributed by atoms with Crippen LogP contribution in [0, 0.1) is 0 Å². The number of rotatable bonds is 4. The van der Waals surface area contributed by atoms with E-state index < -0.39 is 0 Å². The highest BCUT2D eigenvalue weighted by atomic mass is 16.3. The second kappa shape index (κ2) is 6.46. The minimum Gasteiger partial charge on any atom is -0.508 e. The van der Waals surface area contributed by atoms with E-state index in [-0.39, 0.29) is 17.7 Å². The van der Waals surface area contributed by atoms with Crippen molar-refractivity contribution in [2.75, 3.05) is 0 Å². The zero-order chi connectivity index (χ0) is 15.4. The molecule has 0 heterocycles. The lowest BCUT2D eigenvalue weighted by molar-refractivity contribution is 0.457. The Balaban J connectivity index is 2.08. The van der Waals surface area contributed by atoms with Crippen molar-refractivity contribution in [3.05, 3.63) is 102 Å². The average Bonchev–Trinajstić information content (AvgIpc) is 2.57. The topological polar surface area (TPSA) is 46.2 Å². The summed E-state index contributed by atoms with van der Waals surface area (Å²) in [6.45, 7) is 0. The summed E-state index contributed by atoms with van der Waals surface area (Å²) in [5.41, 5.74) is 9.59. The first-order valence-electron chi connectivity index (χ1n) is 7.41. The van der Waals surface area contributed by atoms with Crippen molar-refractivity contribution in [3.63, 3.8) is 0 Å². The van der Waals surface area contributed by atoms with Crippen LogP contribution in [-0.2, 0) is 0 Å². The molecular formula is C20H19NO. The number of aromatic hydroxyl groups is 1. The van der Waals surface area contributed by atoms with Gasteiger partial charge in [-0.3, -0.25) is 0 Å². The SMILES string of the molecule is NC(c1ccccc1O)C(c1ccccc1)c1ccccc1. The van der Waals surface area contributed by atoms with Gasteiger partial charge >= 0.3 is 0 Å².